The van der Waals surface area contributed by atoms with Crippen LogP contribution in [0.2, 0.25) is 0 Å². The van der Waals surface area contributed by atoms with Crippen molar-refractivity contribution in [2.75, 3.05) is 10.6 Å². The first-order valence-electron chi connectivity index (χ1n) is 16.3. The van der Waals surface area contributed by atoms with E-state index >= 15 is 0 Å². The fourth-order valence-electron chi connectivity index (χ4n) is 6.20. The average Bonchev–Trinajstić information content (AvgIpc) is 3.13. The van der Waals surface area contributed by atoms with E-state index in [1.807, 2.05) is 121 Å². The Kier molecular flexibility index (Phi) is 10.4. The van der Waals surface area contributed by atoms with Crippen molar-refractivity contribution in [3.63, 3.8) is 0 Å². The maximum Gasteiger partial charge on any atom is 0.337 e. The molecule has 0 atom stereocenters. The number of carbonyl (C=O) groups excluding carboxylic acids is 2. The van der Waals surface area contributed by atoms with Crippen molar-refractivity contribution in [2.45, 2.75) is 18.3 Å². The zero-order chi connectivity index (χ0) is 35.7. The van der Waals surface area contributed by atoms with Crippen molar-refractivity contribution in [3.8, 4) is 0 Å². The zero-order valence-electron chi connectivity index (χ0n) is 27.4. The number of aromatic carboxylic acids is 2. The summed E-state index contributed by atoms with van der Waals surface area (Å²) in [4.78, 5) is 52.2. The monoisotopic (exact) mass is 674 g/mol. The second-order valence-corrected chi connectivity index (χ2v) is 12.0. The van der Waals surface area contributed by atoms with Crippen LogP contribution < -0.4 is 10.6 Å². The van der Waals surface area contributed by atoms with E-state index in [4.69, 9.17) is 0 Å². The van der Waals surface area contributed by atoms with Crippen molar-refractivity contribution >= 4 is 35.1 Å². The molecule has 0 aliphatic carbocycles. The fraction of sp³-hybridized carbons (Fsp3) is 0.0698. The molecule has 8 heteroatoms. The lowest BCUT2D eigenvalue weighted by Crippen LogP contribution is -2.23. The van der Waals surface area contributed by atoms with Gasteiger partial charge in [0, 0.05) is 0 Å². The molecule has 0 aromatic heterocycles. The van der Waals surface area contributed by atoms with E-state index in [9.17, 15) is 29.4 Å². The molecule has 0 fully saturated rings. The van der Waals surface area contributed by atoms with Crippen LogP contribution in [0.5, 0.6) is 0 Å². The van der Waals surface area contributed by atoms with Gasteiger partial charge in [0.15, 0.2) is 0 Å². The molecule has 0 saturated carbocycles. The van der Waals surface area contributed by atoms with Gasteiger partial charge >= 0.3 is 11.9 Å². The second kappa shape index (κ2) is 15.6. The molecular formula is C43H34N2O6. The molecule has 0 heterocycles. The van der Waals surface area contributed by atoms with Crippen LogP contribution in [0.4, 0.5) is 11.4 Å². The van der Waals surface area contributed by atoms with Crippen LogP contribution in [0.15, 0.2) is 158 Å². The number of amides is 2. The van der Waals surface area contributed by atoms with E-state index in [0.717, 1.165) is 22.3 Å². The Hall–Kier alpha value is -6.80. The molecule has 0 aliphatic rings. The minimum absolute atomic E-state index is 0.0750. The number of hydrogen-bond donors (Lipinski definition) is 4. The van der Waals surface area contributed by atoms with E-state index in [0.29, 0.717) is 11.1 Å². The molecule has 0 saturated heterocycles. The minimum Gasteiger partial charge on any atom is -0.478 e. The van der Waals surface area contributed by atoms with Crippen LogP contribution in [0.3, 0.4) is 0 Å². The molecule has 0 radical (unpaired) electrons. The summed E-state index contributed by atoms with van der Waals surface area (Å²) < 4.78 is 0. The second-order valence-electron chi connectivity index (χ2n) is 12.0. The first-order chi connectivity index (χ1) is 24.8. The van der Waals surface area contributed by atoms with Gasteiger partial charge in [0.1, 0.15) is 0 Å². The van der Waals surface area contributed by atoms with Crippen LogP contribution in [0.25, 0.3) is 0 Å². The topological polar surface area (TPSA) is 133 Å². The van der Waals surface area contributed by atoms with Crippen LogP contribution in [0.1, 0.15) is 65.9 Å². The molecule has 0 unspecified atom stereocenters. The Morgan fingerprint density at radius 2 is 0.725 bits per heavy atom. The predicted molar refractivity (Wildman–Crippen MR) is 196 cm³/mol. The molecule has 6 rings (SSSR count). The highest BCUT2D eigenvalue weighted by molar-refractivity contribution is 6.05. The maximum atomic E-state index is 13.9. The van der Waals surface area contributed by atoms with Gasteiger partial charge in [0.2, 0.25) is 11.8 Å². The van der Waals surface area contributed by atoms with Crippen molar-refractivity contribution < 1.29 is 29.4 Å². The van der Waals surface area contributed by atoms with Crippen LogP contribution in [-0.4, -0.2) is 34.0 Å². The molecule has 51 heavy (non-hydrogen) atoms. The van der Waals surface area contributed by atoms with Gasteiger partial charge in [-0.25, -0.2) is 9.59 Å². The Balaban J connectivity index is 1.30. The molecular weight excluding hydrogens is 640 g/mol. The van der Waals surface area contributed by atoms with E-state index in [1.165, 1.54) is 12.1 Å². The number of hydrogen-bond acceptors (Lipinski definition) is 4. The standard InChI is InChI=1S/C43H34N2O6/c46-40(38(30-13-5-1-6-14-30)31-15-7-2-8-16-31)44-36-26-28(21-23-34(36)42(48)49)25-29-22-24-35(43(50)51)37(27-29)45-41(47)39(32-17-9-3-10-18-32)33-19-11-4-12-20-33/h1-24,26-27,38-39H,25H2,(H,44,46)(H,45,47)(H,48,49)(H,50,51). The Morgan fingerprint density at radius 3 is 1.00 bits per heavy atom. The van der Waals surface area contributed by atoms with Crippen LogP contribution in [-0.2, 0) is 16.0 Å². The van der Waals surface area contributed by atoms with Gasteiger partial charge in [-0.1, -0.05) is 133 Å². The number of anilines is 2. The van der Waals surface area contributed by atoms with Crippen molar-refractivity contribution in [1.29, 1.82) is 0 Å². The SMILES string of the molecule is O=C(O)c1ccc(Cc2ccc(C(=O)O)c(NC(=O)C(c3ccccc3)c3ccccc3)c2)cc1NC(=O)C(c1ccccc1)c1ccccc1. The highest BCUT2D eigenvalue weighted by atomic mass is 16.4. The maximum absolute atomic E-state index is 13.9. The first-order valence-corrected chi connectivity index (χ1v) is 16.3. The highest BCUT2D eigenvalue weighted by Crippen LogP contribution is 2.30. The number of carboxylic acid groups (broad SMARTS) is 2. The third-order valence-electron chi connectivity index (χ3n) is 8.61. The summed E-state index contributed by atoms with van der Waals surface area (Å²) in [6, 6.07) is 46.4. The Bertz CT molecular complexity index is 1940. The fourth-order valence-corrected chi connectivity index (χ4v) is 6.20. The zero-order valence-corrected chi connectivity index (χ0v) is 27.4. The molecule has 0 aliphatic heterocycles. The lowest BCUT2D eigenvalue weighted by atomic mass is 9.90. The number of carboxylic acids is 2. The van der Waals surface area contributed by atoms with E-state index in [1.54, 1.807) is 24.3 Å². The average molecular weight is 675 g/mol. The minimum atomic E-state index is -1.20. The lowest BCUT2D eigenvalue weighted by molar-refractivity contribution is -0.117. The molecule has 8 nitrogen and oxygen atoms in total. The summed E-state index contributed by atoms with van der Waals surface area (Å²) >= 11 is 0. The van der Waals surface area contributed by atoms with Gasteiger partial charge in [-0.05, 0) is 64.1 Å². The molecule has 252 valence electrons. The van der Waals surface area contributed by atoms with Gasteiger partial charge in [-0.15, -0.1) is 0 Å². The van der Waals surface area contributed by atoms with E-state index in [2.05, 4.69) is 10.6 Å². The summed E-state index contributed by atoms with van der Waals surface area (Å²) in [6.07, 6.45) is 0.257. The molecule has 0 bridgehead atoms. The number of benzene rings is 6. The van der Waals surface area contributed by atoms with Crippen molar-refractivity contribution in [2.24, 2.45) is 0 Å². The summed E-state index contributed by atoms with van der Waals surface area (Å²) in [5, 5.41) is 25.7. The van der Waals surface area contributed by atoms with Gasteiger partial charge < -0.3 is 20.8 Å². The smallest absolute Gasteiger partial charge is 0.337 e. The normalized spacial score (nSPS) is 10.9. The lowest BCUT2D eigenvalue weighted by Gasteiger charge is -2.20. The van der Waals surface area contributed by atoms with Gasteiger partial charge in [-0.3, -0.25) is 9.59 Å². The summed E-state index contributed by atoms with van der Waals surface area (Å²) in [7, 11) is 0. The van der Waals surface area contributed by atoms with Gasteiger partial charge in [0.05, 0.1) is 34.3 Å². The summed E-state index contributed by atoms with van der Waals surface area (Å²) in [6.45, 7) is 0. The summed E-state index contributed by atoms with van der Waals surface area (Å²) in [5.74, 6) is -4.57. The first kappa shape index (κ1) is 34.1. The number of rotatable bonds is 12. The quantitative estimate of drug-likeness (QED) is 0.103. The molecule has 0 spiro atoms. The van der Waals surface area contributed by atoms with Gasteiger partial charge in [0.25, 0.3) is 0 Å². The predicted octanol–water partition coefficient (Wildman–Crippen LogP) is 8.22. The third kappa shape index (κ3) is 8.09. The number of nitrogens with one attached hydrogen (secondary N) is 2. The molecule has 6 aromatic carbocycles. The van der Waals surface area contributed by atoms with E-state index < -0.39 is 35.6 Å². The largest absolute Gasteiger partial charge is 0.478 e. The molecule has 2 amide bonds. The Morgan fingerprint density at radius 1 is 0.431 bits per heavy atom. The number of carbonyl (C=O) groups is 4. The van der Waals surface area contributed by atoms with Crippen LogP contribution >= 0.6 is 0 Å². The third-order valence-corrected chi connectivity index (χ3v) is 8.61. The Labute approximate surface area is 295 Å². The van der Waals surface area contributed by atoms with Gasteiger partial charge in [-0.2, -0.15) is 0 Å². The van der Waals surface area contributed by atoms with Crippen molar-refractivity contribution in [1.82, 2.24) is 0 Å². The highest BCUT2D eigenvalue weighted by Gasteiger charge is 2.26. The van der Waals surface area contributed by atoms with E-state index in [-0.39, 0.29) is 28.9 Å². The molecule has 4 N–H and O–H groups in total. The molecule has 6 aromatic rings. The van der Waals surface area contributed by atoms with Crippen molar-refractivity contribution in [3.05, 3.63) is 202 Å². The summed E-state index contributed by atoms with van der Waals surface area (Å²) in [5.41, 5.74) is 4.46. The van der Waals surface area contributed by atoms with Crippen LogP contribution in [0, 0.1) is 0 Å².